The maximum atomic E-state index is 13.8. The van der Waals surface area contributed by atoms with Gasteiger partial charge in [-0.2, -0.15) is 0 Å². The molecule has 0 saturated carbocycles. The molecule has 0 aliphatic carbocycles. The Morgan fingerprint density at radius 3 is 2.54 bits per heavy atom. The Kier molecular flexibility index (Phi) is 7.57. The molecular formula is C20H24F2N4O2. The quantitative estimate of drug-likeness (QED) is 0.638. The molecule has 6 nitrogen and oxygen atoms in total. The van der Waals surface area contributed by atoms with E-state index in [1.165, 1.54) is 0 Å². The highest BCUT2D eigenvalue weighted by atomic mass is 19.3. The number of nitrogens with zero attached hydrogens (tertiary/aromatic N) is 3. The number of ether oxygens (including phenoxy) is 1. The van der Waals surface area contributed by atoms with Crippen molar-refractivity contribution >= 4 is 18.0 Å². The summed E-state index contributed by atoms with van der Waals surface area (Å²) in [6.07, 6.45) is 3.25. The van der Waals surface area contributed by atoms with Crippen molar-refractivity contribution in [1.29, 1.82) is 0 Å². The first kappa shape index (κ1) is 21.4. The number of hydrogen-bond acceptors (Lipinski definition) is 5. The van der Waals surface area contributed by atoms with E-state index in [0.29, 0.717) is 17.7 Å². The van der Waals surface area contributed by atoms with Gasteiger partial charge in [0.15, 0.2) is 5.65 Å². The van der Waals surface area contributed by atoms with E-state index in [0.717, 1.165) is 17.0 Å². The van der Waals surface area contributed by atoms with Gasteiger partial charge in [-0.1, -0.05) is 0 Å². The zero-order valence-electron chi connectivity index (χ0n) is 16.0. The standard InChI is InChI=1S/C19H22F2N4O.CH2O/c1-22-10-9-19(20,21)8-7-14-11-17-18(23-12-14)25(13-24-17)15-3-5-16(26-2)6-4-15;1-2/h3-6,11-13,22H,7-10H2,1-2H3;1H2. The molecular weight excluding hydrogens is 366 g/mol. The third-order valence-corrected chi connectivity index (χ3v) is 4.32. The molecule has 0 atom stereocenters. The van der Waals surface area contributed by atoms with Gasteiger partial charge in [0.2, 0.25) is 5.92 Å². The zero-order valence-corrected chi connectivity index (χ0v) is 16.0. The molecule has 0 fully saturated rings. The number of carbonyl (C=O) groups excluding carboxylic acids is 1. The van der Waals surface area contributed by atoms with E-state index < -0.39 is 5.92 Å². The lowest BCUT2D eigenvalue weighted by Crippen LogP contribution is -2.23. The first-order valence-corrected chi connectivity index (χ1v) is 8.80. The number of methoxy groups -OCH3 is 1. The highest BCUT2D eigenvalue weighted by molar-refractivity contribution is 5.73. The lowest BCUT2D eigenvalue weighted by Gasteiger charge is -2.15. The van der Waals surface area contributed by atoms with Crippen LogP contribution < -0.4 is 10.1 Å². The molecule has 150 valence electrons. The smallest absolute Gasteiger partial charge is 0.249 e. The van der Waals surface area contributed by atoms with Gasteiger partial charge in [0, 0.05) is 31.3 Å². The Hall–Kier alpha value is -2.87. The van der Waals surface area contributed by atoms with Crippen LogP contribution in [0.2, 0.25) is 0 Å². The maximum absolute atomic E-state index is 13.8. The molecule has 2 heterocycles. The molecule has 1 aromatic carbocycles. The molecule has 3 aromatic rings. The number of carbonyl (C=O) groups is 1. The van der Waals surface area contributed by atoms with E-state index in [4.69, 9.17) is 9.53 Å². The Morgan fingerprint density at radius 2 is 1.89 bits per heavy atom. The van der Waals surface area contributed by atoms with Crippen LogP contribution in [0.15, 0.2) is 42.9 Å². The average Bonchev–Trinajstić information content (AvgIpc) is 3.16. The Bertz CT molecular complexity index is 882. The van der Waals surface area contributed by atoms with E-state index in [9.17, 15) is 8.78 Å². The second-order valence-electron chi connectivity index (χ2n) is 6.21. The lowest BCUT2D eigenvalue weighted by atomic mass is 10.1. The molecule has 0 radical (unpaired) electrons. The van der Waals surface area contributed by atoms with Crippen LogP contribution in [-0.4, -0.2) is 47.9 Å². The molecule has 0 amide bonds. The topological polar surface area (TPSA) is 69.0 Å². The van der Waals surface area contributed by atoms with Crippen LogP contribution in [0, 0.1) is 0 Å². The predicted octanol–water partition coefficient (Wildman–Crippen LogP) is 3.42. The number of hydrogen-bond donors (Lipinski definition) is 1. The zero-order chi connectivity index (χ0) is 20.6. The number of alkyl halides is 2. The Morgan fingerprint density at radius 1 is 1.18 bits per heavy atom. The summed E-state index contributed by atoms with van der Waals surface area (Å²) < 4.78 is 34.6. The number of imidazole rings is 1. The largest absolute Gasteiger partial charge is 0.497 e. The minimum atomic E-state index is -2.68. The van der Waals surface area contributed by atoms with Crippen molar-refractivity contribution in [3.63, 3.8) is 0 Å². The molecule has 0 aliphatic rings. The molecule has 3 rings (SSSR count). The van der Waals surface area contributed by atoms with E-state index in [2.05, 4.69) is 15.3 Å². The van der Waals surface area contributed by atoms with Crippen LogP contribution >= 0.6 is 0 Å². The molecule has 1 N–H and O–H groups in total. The summed E-state index contributed by atoms with van der Waals surface area (Å²) in [7, 11) is 3.29. The van der Waals surface area contributed by atoms with Crippen LogP contribution in [0.4, 0.5) is 8.78 Å². The second-order valence-corrected chi connectivity index (χ2v) is 6.21. The number of fused-ring (bicyclic) bond motifs is 1. The molecule has 0 saturated heterocycles. The monoisotopic (exact) mass is 390 g/mol. The molecule has 2 aromatic heterocycles. The number of aromatic nitrogens is 3. The van der Waals surface area contributed by atoms with Gasteiger partial charge in [0.1, 0.15) is 24.4 Å². The highest BCUT2D eigenvalue weighted by Gasteiger charge is 2.27. The molecule has 28 heavy (non-hydrogen) atoms. The fraction of sp³-hybridized carbons (Fsp3) is 0.350. The molecule has 0 spiro atoms. The molecule has 0 aliphatic heterocycles. The van der Waals surface area contributed by atoms with Crippen molar-refractivity contribution in [1.82, 2.24) is 19.9 Å². The summed E-state index contributed by atoms with van der Waals surface area (Å²) in [6.45, 7) is 2.30. The highest BCUT2D eigenvalue weighted by Crippen LogP contribution is 2.25. The summed E-state index contributed by atoms with van der Waals surface area (Å²) >= 11 is 0. The number of aryl methyl sites for hydroxylation is 1. The number of halogens is 2. The van der Waals surface area contributed by atoms with Crippen molar-refractivity contribution in [3.8, 4) is 11.4 Å². The molecule has 0 unspecified atom stereocenters. The fourth-order valence-electron chi connectivity index (χ4n) is 2.77. The number of nitrogens with one attached hydrogen (secondary N) is 1. The first-order chi connectivity index (χ1) is 13.5. The van der Waals surface area contributed by atoms with Gasteiger partial charge in [0.25, 0.3) is 0 Å². The van der Waals surface area contributed by atoms with Crippen LogP contribution in [0.25, 0.3) is 16.9 Å². The number of rotatable bonds is 8. The van der Waals surface area contributed by atoms with E-state index >= 15 is 0 Å². The van der Waals surface area contributed by atoms with Gasteiger partial charge < -0.3 is 14.8 Å². The summed E-state index contributed by atoms with van der Waals surface area (Å²) in [5, 5.41) is 2.76. The average molecular weight is 390 g/mol. The Labute approximate surface area is 162 Å². The van der Waals surface area contributed by atoms with Crippen molar-refractivity contribution in [2.45, 2.75) is 25.2 Å². The van der Waals surface area contributed by atoms with E-state index in [1.54, 1.807) is 26.7 Å². The van der Waals surface area contributed by atoms with E-state index in [1.807, 2.05) is 41.7 Å². The molecule has 0 bridgehead atoms. The van der Waals surface area contributed by atoms with Crippen LogP contribution in [0.3, 0.4) is 0 Å². The normalized spacial score (nSPS) is 11.1. The van der Waals surface area contributed by atoms with Crippen molar-refractivity contribution in [2.24, 2.45) is 0 Å². The lowest BCUT2D eigenvalue weighted by molar-refractivity contribution is -0.0980. The predicted molar refractivity (Wildman–Crippen MR) is 104 cm³/mol. The van der Waals surface area contributed by atoms with Crippen molar-refractivity contribution in [3.05, 3.63) is 48.4 Å². The van der Waals surface area contributed by atoms with Crippen LogP contribution in [0.5, 0.6) is 5.75 Å². The summed E-state index contributed by atoms with van der Waals surface area (Å²) in [5.41, 5.74) is 3.06. The number of benzene rings is 1. The van der Waals surface area contributed by atoms with E-state index in [-0.39, 0.29) is 19.3 Å². The van der Waals surface area contributed by atoms with Crippen molar-refractivity contribution < 1.29 is 18.3 Å². The maximum Gasteiger partial charge on any atom is 0.249 e. The van der Waals surface area contributed by atoms with Crippen LogP contribution in [-0.2, 0) is 11.2 Å². The minimum Gasteiger partial charge on any atom is -0.497 e. The second kappa shape index (κ2) is 9.89. The van der Waals surface area contributed by atoms with Gasteiger partial charge in [-0.05, 0) is 49.4 Å². The summed E-state index contributed by atoms with van der Waals surface area (Å²) in [4.78, 5) is 16.8. The summed E-state index contributed by atoms with van der Waals surface area (Å²) in [6, 6.07) is 9.39. The third kappa shape index (κ3) is 5.32. The van der Waals surface area contributed by atoms with Gasteiger partial charge in [-0.15, -0.1) is 0 Å². The van der Waals surface area contributed by atoms with Crippen molar-refractivity contribution in [2.75, 3.05) is 20.7 Å². The minimum absolute atomic E-state index is 0.161. The van der Waals surface area contributed by atoms with Gasteiger partial charge >= 0.3 is 0 Å². The SMILES string of the molecule is C=O.CNCCC(F)(F)CCc1cnc2c(c1)ncn2-c1ccc(OC)cc1. The van der Waals surface area contributed by atoms with Crippen LogP contribution in [0.1, 0.15) is 18.4 Å². The van der Waals surface area contributed by atoms with Gasteiger partial charge in [-0.3, -0.25) is 4.57 Å². The number of pyridine rings is 1. The fourth-order valence-corrected chi connectivity index (χ4v) is 2.77. The first-order valence-electron chi connectivity index (χ1n) is 8.80. The summed E-state index contributed by atoms with van der Waals surface area (Å²) in [5.74, 6) is -1.91. The Balaban J connectivity index is 0.00000136. The molecule has 8 heteroatoms. The third-order valence-electron chi connectivity index (χ3n) is 4.32. The van der Waals surface area contributed by atoms with Gasteiger partial charge in [-0.25, -0.2) is 18.7 Å². The van der Waals surface area contributed by atoms with Gasteiger partial charge in [0.05, 0.1) is 7.11 Å².